The van der Waals surface area contributed by atoms with E-state index in [2.05, 4.69) is 0 Å². The second kappa shape index (κ2) is 4.68. The highest BCUT2D eigenvalue weighted by Gasteiger charge is 2.06. The quantitative estimate of drug-likeness (QED) is 0.734. The van der Waals surface area contributed by atoms with Gasteiger partial charge in [-0.2, -0.15) is 0 Å². The van der Waals surface area contributed by atoms with Crippen LogP contribution in [-0.4, -0.2) is 12.5 Å². The standard InChI is InChI=1S/C11H16N2O2/c1-7(2)6-15-10-4-3-8(11(13)14)5-9(10)12/h3-5,7H,6,12H2,1-2H3,(H2,13,14). The van der Waals surface area contributed by atoms with Gasteiger partial charge in [0.25, 0.3) is 0 Å². The fourth-order valence-electron chi connectivity index (χ4n) is 1.09. The molecule has 4 N–H and O–H groups in total. The van der Waals surface area contributed by atoms with E-state index < -0.39 is 5.91 Å². The van der Waals surface area contributed by atoms with Crippen LogP contribution in [0.3, 0.4) is 0 Å². The molecular weight excluding hydrogens is 192 g/mol. The summed E-state index contributed by atoms with van der Waals surface area (Å²) in [6, 6.07) is 4.80. The summed E-state index contributed by atoms with van der Waals surface area (Å²) in [6.07, 6.45) is 0. The average Bonchev–Trinajstić information content (AvgIpc) is 2.15. The molecule has 0 bridgehead atoms. The topological polar surface area (TPSA) is 78.3 Å². The molecule has 0 unspecified atom stereocenters. The van der Waals surface area contributed by atoms with Crippen LogP contribution in [-0.2, 0) is 0 Å². The third-order valence-electron chi connectivity index (χ3n) is 1.87. The monoisotopic (exact) mass is 208 g/mol. The second-order valence-electron chi connectivity index (χ2n) is 3.82. The lowest BCUT2D eigenvalue weighted by Crippen LogP contribution is -2.12. The zero-order valence-electron chi connectivity index (χ0n) is 8.99. The molecule has 4 heteroatoms. The van der Waals surface area contributed by atoms with Crippen molar-refractivity contribution in [2.75, 3.05) is 12.3 Å². The highest BCUT2D eigenvalue weighted by atomic mass is 16.5. The lowest BCUT2D eigenvalue weighted by molar-refractivity contribution is 0.100. The predicted octanol–water partition coefficient (Wildman–Crippen LogP) is 1.40. The first-order chi connectivity index (χ1) is 7.00. The number of benzene rings is 1. The number of carbonyl (C=O) groups excluding carboxylic acids is 1. The molecule has 1 amide bonds. The molecule has 0 atom stereocenters. The summed E-state index contributed by atoms with van der Waals surface area (Å²) in [4.78, 5) is 10.9. The Labute approximate surface area is 89.2 Å². The molecule has 1 aromatic rings. The van der Waals surface area contributed by atoms with Crippen molar-refractivity contribution in [3.63, 3.8) is 0 Å². The van der Waals surface area contributed by atoms with E-state index in [1.165, 1.54) is 6.07 Å². The number of nitrogens with two attached hydrogens (primary N) is 2. The van der Waals surface area contributed by atoms with E-state index in [1.54, 1.807) is 12.1 Å². The van der Waals surface area contributed by atoms with Crippen molar-refractivity contribution in [1.29, 1.82) is 0 Å². The van der Waals surface area contributed by atoms with Crippen LogP contribution < -0.4 is 16.2 Å². The summed E-state index contributed by atoms with van der Waals surface area (Å²) in [5.41, 5.74) is 11.7. The molecule has 0 fully saturated rings. The Morgan fingerprint density at radius 1 is 1.47 bits per heavy atom. The van der Waals surface area contributed by atoms with Crippen molar-refractivity contribution in [3.8, 4) is 5.75 Å². The Kier molecular flexibility index (Phi) is 3.55. The molecule has 0 aliphatic carbocycles. The minimum Gasteiger partial charge on any atom is -0.491 e. The van der Waals surface area contributed by atoms with Crippen LogP contribution in [0.2, 0.25) is 0 Å². The van der Waals surface area contributed by atoms with Gasteiger partial charge in [-0.1, -0.05) is 13.8 Å². The highest BCUT2D eigenvalue weighted by Crippen LogP contribution is 2.22. The van der Waals surface area contributed by atoms with E-state index in [4.69, 9.17) is 16.2 Å². The van der Waals surface area contributed by atoms with Gasteiger partial charge in [-0.15, -0.1) is 0 Å². The van der Waals surface area contributed by atoms with Gasteiger partial charge in [-0.3, -0.25) is 4.79 Å². The summed E-state index contributed by atoms with van der Waals surface area (Å²) in [5, 5.41) is 0. The summed E-state index contributed by atoms with van der Waals surface area (Å²) in [6.45, 7) is 4.70. The van der Waals surface area contributed by atoms with Crippen molar-refractivity contribution < 1.29 is 9.53 Å². The first kappa shape index (κ1) is 11.4. The highest BCUT2D eigenvalue weighted by molar-refractivity contribution is 5.94. The molecule has 0 aromatic heterocycles. The predicted molar refractivity (Wildman–Crippen MR) is 59.7 cm³/mol. The van der Waals surface area contributed by atoms with E-state index in [0.717, 1.165) is 0 Å². The van der Waals surface area contributed by atoms with E-state index in [9.17, 15) is 4.79 Å². The van der Waals surface area contributed by atoms with Gasteiger partial charge in [0, 0.05) is 5.56 Å². The maximum atomic E-state index is 10.9. The number of rotatable bonds is 4. The number of nitrogen functional groups attached to an aromatic ring is 1. The fourth-order valence-corrected chi connectivity index (χ4v) is 1.09. The molecule has 1 rings (SSSR count). The van der Waals surface area contributed by atoms with Gasteiger partial charge in [0.15, 0.2) is 0 Å². The van der Waals surface area contributed by atoms with Crippen LogP contribution in [0, 0.1) is 5.92 Å². The van der Waals surface area contributed by atoms with E-state index in [0.29, 0.717) is 29.5 Å². The molecule has 0 spiro atoms. The van der Waals surface area contributed by atoms with E-state index in [1.807, 2.05) is 13.8 Å². The number of ether oxygens (including phenoxy) is 1. The van der Waals surface area contributed by atoms with Gasteiger partial charge >= 0.3 is 0 Å². The minimum absolute atomic E-state index is 0.393. The SMILES string of the molecule is CC(C)COc1ccc(C(N)=O)cc1N. The molecule has 0 saturated heterocycles. The van der Waals surface area contributed by atoms with Gasteiger partial charge in [0.05, 0.1) is 12.3 Å². The van der Waals surface area contributed by atoms with Crippen LogP contribution in [0.4, 0.5) is 5.69 Å². The Hall–Kier alpha value is -1.71. The molecular formula is C11H16N2O2. The third kappa shape index (κ3) is 3.16. The zero-order chi connectivity index (χ0) is 11.4. The van der Waals surface area contributed by atoms with Crippen molar-refractivity contribution in [2.45, 2.75) is 13.8 Å². The minimum atomic E-state index is -0.489. The molecule has 15 heavy (non-hydrogen) atoms. The number of hydrogen-bond acceptors (Lipinski definition) is 3. The number of amides is 1. The van der Waals surface area contributed by atoms with Gasteiger partial charge < -0.3 is 16.2 Å². The number of hydrogen-bond donors (Lipinski definition) is 2. The van der Waals surface area contributed by atoms with Crippen LogP contribution in [0.25, 0.3) is 0 Å². The van der Waals surface area contributed by atoms with E-state index >= 15 is 0 Å². The Morgan fingerprint density at radius 3 is 2.60 bits per heavy atom. The Morgan fingerprint density at radius 2 is 2.13 bits per heavy atom. The molecule has 0 saturated carbocycles. The maximum Gasteiger partial charge on any atom is 0.248 e. The lowest BCUT2D eigenvalue weighted by atomic mass is 10.2. The molecule has 1 aromatic carbocycles. The first-order valence-corrected chi connectivity index (χ1v) is 4.83. The summed E-state index contributed by atoms with van der Waals surface area (Å²) in [7, 11) is 0. The Balaban J connectivity index is 2.79. The average molecular weight is 208 g/mol. The molecule has 0 aliphatic rings. The van der Waals surface area contributed by atoms with Crippen LogP contribution in [0.15, 0.2) is 18.2 Å². The molecule has 82 valence electrons. The van der Waals surface area contributed by atoms with Gasteiger partial charge in [0.2, 0.25) is 5.91 Å². The van der Waals surface area contributed by atoms with Gasteiger partial charge in [-0.25, -0.2) is 0 Å². The van der Waals surface area contributed by atoms with Crippen LogP contribution >= 0.6 is 0 Å². The summed E-state index contributed by atoms with van der Waals surface area (Å²) < 4.78 is 5.46. The molecule has 0 heterocycles. The normalized spacial score (nSPS) is 10.3. The van der Waals surface area contributed by atoms with Crippen molar-refractivity contribution in [2.24, 2.45) is 11.7 Å². The maximum absolute atomic E-state index is 10.9. The zero-order valence-corrected chi connectivity index (χ0v) is 8.99. The summed E-state index contributed by atoms with van der Waals surface area (Å²) >= 11 is 0. The largest absolute Gasteiger partial charge is 0.491 e. The Bertz CT molecular complexity index is 362. The van der Waals surface area contributed by atoms with Crippen molar-refractivity contribution in [1.82, 2.24) is 0 Å². The van der Waals surface area contributed by atoms with Crippen molar-refractivity contribution in [3.05, 3.63) is 23.8 Å². The number of primary amides is 1. The first-order valence-electron chi connectivity index (χ1n) is 4.83. The lowest BCUT2D eigenvalue weighted by Gasteiger charge is -2.11. The number of anilines is 1. The fraction of sp³-hybridized carbons (Fsp3) is 0.364. The van der Waals surface area contributed by atoms with E-state index in [-0.39, 0.29) is 0 Å². The van der Waals surface area contributed by atoms with Crippen molar-refractivity contribution >= 4 is 11.6 Å². The molecule has 0 radical (unpaired) electrons. The third-order valence-corrected chi connectivity index (χ3v) is 1.87. The van der Waals surface area contributed by atoms with Crippen LogP contribution in [0.5, 0.6) is 5.75 Å². The van der Waals surface area contributed by atoms with Gasteiger partial charge in [-0.05, 0) is 24.1 Å². The number of carbonyl (C=O) groups is 1. The van der Waals surface area contributed by atoms with Gasteiger partial charge in [0.1, 0.15) is 5.75 Å². The second-order valence-corrected chi connectivity index (χ2v) is 3.82. The smallest absolute Gasteiger partial charge is 0.248 e. The molecule has 0 aliphatic heterocycles. The summed E-state index contributed by atoms with van der Waals surface area (Å²) in [5.74, 6) is 0.533. The molecule has 4 nitrogen and oxygen atoms in total. The van der Waals surface area contributed by atoms with Crippen LogP contribution in [0.1, 0.15) is 24.2 Å².